The number of ether oxygens (including phenoxy) is 1. The molecule has 3 nitrogen and oxygen atoms in total. The molecule has 1 N–H and O–H groups in total. The van der Waals surface area contributed by atoms with Crippen LogP contribution in [0.3, 0.4) is 0 Å². The predicted molar refractivity (Wildman–Crippen MR) is 79.3 cm³/mol. The van der Waals surface area contributed by atoms with Gasteiger partial charge >= 0.3 is 0 Å². The van der Waals surface area contributed by atoms with Crippen molar-refractivity contribution in [2.75, 3.05) is 5.32 Å². The molecule has 2 rings (SSSR count). The van der Waals surface area contributed by atoms with Gasteiger partial charge in [0.15, 0.2) is 11.6 Å². The van der Waals surface area contributed by atoms with E-state index in [9.17, 15) is 0 Å². The SMILES string of the molecule is CC(C)Oc1cccnc1Nc1cccc(CCl)c1. The van der Waals surface area contributed by atoms with Crippen molar-refractivity contribution in [3.63, 3.8) is 0 Å². The molecular formula is C15H17ClN2O. The van der Waals surface area contributed by atoms with E-state index in [2.05, 4.69) is 10.3 Å². The van der Waals surface area contributed by atoms with Crippen molar-refractivity contribution in [3.05, 3.63) is 48.2 Å². The number of alkyl halides is 1. The van der Waals surface area contributed by atoms with Crippen LogP contribution in [0.5, 0.6) is 5.75 Å². The Morgan fingerprint density at radius 1 is 1.26 bits per heavy atom. The zero-order valence-corrected chi connectivity index (χ0v) is 11.8. The van der Waals surface area contributed by atoms with E-state index in [-0.39, 0.29) is 6.10 Å². The largest absolute Gasteiger partial charge is 0.487 e. The summed E-state index contributed by atoms with van der Waals surface area (Å²) in [6, 6.07) is 11.7. The van der Waals surface area contributed by atoms with Crippen LogP contribution in [0.25, 0.3) is 0 Å². The summed E-state index contributed by atoms with van der Waals surface area (Å²) in [6.45, 7) is 3.98. The summed E-state index contributed by atoms with van der Waals surface area (Å²) in [5, 5.41) is 3.26. The molecule has 0 amide bonds. The van der Waals surface area contributed by atoms with Gasteiger partial charge in [-0.1, -0.05) is 12.1 Å². The van der Waals surface area contributed by atoms with Crippen LogP contribution in [-0.4, -0.2) is 11.1 Å². The normalized spacial score (nSPS) is 10.5. The number of rotatable bonds is 5. The van der Waals surface area contributed by atoms with Crippen LogP contribution in [0.1, 0.15) is 19.4 Å². The van der Waals surface area contributed by atoms with Crippen LogP contribution in [0, 0.1) is 0 Å². The topological polar surface area (TPSA) is 34.1 Å². The summed E-state index contributed by atoms with van der Waals surface area (Å²) < 4.78 is 5.72. The fourth-order valence-corrected chi connectivity index (χ4v) is 1.87. The molecule has 2 aromatic rings. The van der Waals surface area contributed by atoms with Crippen LogP contribution in [0.15, 0.2) is 42.6 Å². The molecule has 0 fully saturated rings. The Kier molecular flexibility index (Phi) is 4.63. The summed E-state index contributed by atoms with van der Waals surface area (Å²) in [7, 11) is 0. The summed E-state index contributed by atoms with van der Waals surface area (Å²) in [6.07, 6.45) is 1.85. The van der Waals surface area contributed by atoms with E-state index < -0.39 is 0 Å². The zero-order chi connectivity index (χ0) is 13.7. The number of nitrogens with one attached hydrogen (secondary N) is 1. The van der Waals surface area contributed by atoms with Crippen molar-refractivity contribution in [1.29, 1.82) is 0 Å². The second-order valence-electron chi connectivity index (χ2n) is 4.48. The lowest BCUT2D eigenvalue weighted by Gasteiger charge is -2.14. The first-order valence-corrected chi connectivity index (χ1v) is 6.76. The molecule has 4 heteroatoms. The maximum absolute atomic E-state index is 5.83. The molecule has 100 valence electrons. The van der Waals surface area contributed by atoms with E-state index in [4.69, 9.17) is 16.3 Å². The molecule has 0 bridgehead atoms. The van der Waals surface area contributed by atoms with E-state index in [1.807, 2.05) is 50.2 Å². The third-order valence-electron chi connectivity index (χ3n) is 2.48. The monoisotopic (exact) mass is 276 g/mol. The van der Waals surface area contributed by atoms with Crippen molar-refractivity contribution < 1.29 is 4.74 Å². The summed E-state index contributed by atoms with van der Waals surface area (Å²) in [5.41, 5.74) is 2.01. The lowest BCUT2D eigenvalue weighted by molar-refractivity contribution is 0.243. The number of nitrogens with zero attached hydrogens (tertiary/aromatic N) is 1. The second kappa shape index (κ2) is 6.43. The van der Waals surface area contributed by atoms with Gasteiger partial charge in [-0.3, -0.25) is 0 Å². The van der Waals surface area contributed by atoms with Gasteiger partial charge in [-0.2, -0.15) is 0 Å². The van der Waals surface area contributed by atoms with E-state index in [1.165, 1.54) is 0 Å². The van der Waals surface area contributed by atoms with Crippen LogP contribution in [0.2, 0.25) is 0 Å². The summed E-state index contributed by atoms with van der Waals surface area (Å²) in [5.74, 6) is 1.95. The molecule has 1 heterocycles. The summed E-state index contributed by atoms with van der Waals surface area (Å²) in [4.78, 5) is 4.31. The molecule has 0 aliphatic heterocycles. The van der Waals surface area contributed by atoms with Crippen molar-refractivity contribution in [1.82, 2.24) is 4.98 Å². The van der Waals surface area contributed by atoms with Gasteiger partial charge in [-0.05, 0) is 43.7 Å². The Balaban J connectivity index is 2.22. The van der Waals surface area contributed by atoms with E-state index in [0.717, 1.165) is 17.0 Å². The maximum atomic E-state index is 5.83. The number of benzene rings is 1. The van der Waals surface area contributed by atoms with Gasteiger partial charge in [-0.15, -0.1) is 11.6 Å². The molecule has 0 spiro atoms. The second-order valence-corrected chi connectivity index (χ2v) is 4.74. The number of hydrogen-bond acceptors (Lipinski definition) is 3. The maximum Gasteiger partial charge on any atom is 0.173 e. The molecule has 1 aromatic carbocycles. The Morgan fingerprint density at radius 3 is 2.84 bits per heavy atom. The molecule has 0 unspecified atom stereocenters. The van der Waals surface area contributed by atoms with Gasteiger partial charge in [0, 0.05) is 17.8 Å². The standard InChI is InChI=1S/C15H17ClN2O/c1-11(2)19-14-7-4-8-17-15(14)18-13-6-3-5-12(9-13)10-16/h3-9,11H,10H2,1-2H3,(H,17,18). The van der Waals surface area contributed by atoms with E-state index in [0.29, 0.717) is 11.7 Å². The Hall–Kier alpha value is -1.74. The average Bonchev–Trinajstić information content (AvgIpc) is 2.41. The van der Waals surface area contributed by atoms with Crippen LogP contribution in [0.4, 0.5) is 11.5 Å². The Morgan fingerprint density at radius 2 is 2.11 bits per heavy atom. The van der Waals surface area contributed by atoms with E-state index in [1.54, 1.807) is 6.20 Å². The van der Waals surface area contributed by atoms with Crippen molar-refractivity contribution in [2.45, 2.75) is 25.8 Å². The molecular weight excluding hydrogens is 260 g/mol. The average molecular weight is 277 g/mol. The van der Waals surface area contributed by atoms with Gasteiger partial charge in [-0.25, -0.2) is 4.98 Å². The highest BCUT2D eigenvalue weighted by Crippen LogP contribution is 2.26. The molecule has 1 aromatic heterocycles. The lowest BCUT2D eigenvalue weighted by Crippen LogP contribution is -2.08. The first-order chi connectivity index (χ1) is 9.19. The number of pyridine rings is 1. The van der Waals surface area contributed by atoms with Crippen molar-refractivity contribution in [3.8, 4) is 5.75 Å². The van der Waals surface area contributed by atoms with Gasteiger partial charge in [0.05, 0.1) is 6.10 Å². The predicted octanol–water partition coefficient (Wildman–Crippen LogP) is 4.35. The highest BCUT2D eigenvalue weighted by atomic mass is 35.5. The van der Waals surface area contributed by atoms with Gasteiger partial charge in [0.25, 0.3) is 0 Å². The number of hydrogen-bond donors (Lipinski definition) is 1. The summed E-state index contributed by atoms with van der Waals surface area (Å²) >= 11 is 5.83. The minimum absolute atomic E-state index is 0.110. The number of aromatic nitrogens is 1. The molecule has 0 saturated carbocycles. The lowest BCUT2D eigenvalue weighted by atomic mass is 10.2. The van der Waals surface area contributed by atoms with Gasteiger partial charge < -0.3 is 10.1 Å². The molecule has 0 radical (unpaired) electrons. The quantitative estimate of drug-likeness (QED) is 0.825. The number of halogens is 1. The third-order valence-corrected chi connectivity index (χ3v) is 2.79. The zero-order valence-electron chi connectivity index (χ0n) is 11.1. The van der Waals surface area contributed by atoms with Crippen LogP contribution in [-0.2, 0) is 5.88 Å². The fraction of sp³-hybridized carbons (Fsp3) is 0.267. The minimum atomic E-state index is 0.110. The van der Waals surface area contributed by atoms with Gasteiger partial charge in [0.1, 0.15) is 0 Å². The highest BCUT2D eigenvalue weighted by molar-refractivity contribution is 6.17. The van der Waals surface area contributed by atoms with Crippen LogP contribution < -0.4 is 10.1 Å². The third kappa shape index (κ3) is 3.86. The molecule has 0 saturated heterocycles. The molecule has 19 heavy (non-hydrogen) atoms. The molecule has 0 aliphatic carbocycles. The van der Waals surface area contributed by atoms with Gasteiger partial charge in [0.2, 0.25) is 0 Å². The van der Waals surface area contributed by atoms with Crippen LogP contribution >= 0.6 is 11.6 Å². The minimum Gasteiger partial charge on any atom is -0.487 e. The van der Waals surface area contributed by atoms with Crippen molar-refractivity contribution >= 4 is 23.1 Å². The first kappa shape index (κ1) is 13.7. The van der Waals surface area contributed by atoms with Crippen molar-refractivity contribution in [2.24, 2.45) is 0 Å². The molecule has 0 atom stereocenters. The Bertz CT molecular complexity index is 543. The Labute approximate surface area is 118 Å². The number of anilines is 2. The highest BCUT2D eigenvalue weighted by Gasteiger charge is 2.06. The fourth-order valence-electron chi connectivity index (χ4n) is 1.70. The molecule has 0 aliphatic rings. The first-order valence-electron chi connectivity index (χ1n) is 6.22. The smallest absolute Gasteiger partial charge is 0.173 e. The van der Waals surface area contributed by atoms with E-state index >= 15 is 0 Å².